The van der Waals surface area contributed by atoms with Gasteiger partial charge < -0.3 is 10.5 Å². The number of esters is 1. The van der Waals surface area contributed by atoms with Gasteiger partial charge in [-0.3, -0.25) is 14.9 Å². The lowest BCUT2D eigenvalue weighted by molar-refractivity contribution is -0.384. The van der Waals surface area contributed by atoms with Gasteiger partial charge in [-0.05, 0) is 6.07 Å². The van der Waals surface area contributed by atoms with Crippen molar-refractivity contribution in [3.8, 4) is 23.3 Å². The number of carbonyl (C=O) groups is 1. The summed E-state index contributed by atoms with van der Waals surface area (Å²) < 4.78 is 4.91. The number of pyridine rings is 1. The number of nitrogens with zero attached hydrogens (tertiary/aromatic N) is 4. The number of anilines is 1. The van der Waals surface area contributed by atoms with Crippen LogP contribution in [0.25, 0.3) is 11.1 Å². The average molecular weight is 381 g/mol. The molecule has 1 aliphatic rings. The number of nitrogen functional groups attached to an aromatic ring is 1. The highest BCUT2D eigenvalue weighted by Gasteiger charge is 2.32. The van der Waals surface area contributed by atoms with Crippen LogP contribution in [0.2, 0.25) is 0 Å². The molecule has 3 rings (SSSR count). The van der Waals surface area contributed by atoms with Gasteiger partial charge in [0.05, 0.1) is 22.7 Å². The molecule has 1 aromatic heterocycles. The number of carbonyl (C=O) groups excluding carboxylic acids is 1. The van der Waals surface area contributed by atoms with Crippen molar-refractivity contribution >= 4 is 29.2 Å². The fraction of sp³-hybridized carbons (Fsp3) is 0.176. The summed E-state index contributed by atoms with van der Waals surface area (Å²) in [4.78, 5) is 26.7. The minimum Gasteiger partial charge on any atom is -0.465 e. The fourth-order valence-corrected chi connectivity index (χ4v) is 3.78. The van der Waals surface area contributed by atoms with E-state index in [9.17, 15) is 25.4 Å². The molecule has 1 fully saturated rings. The smallest absolute Gasteiger partial charge is 0.319 e. The lowest BCUT2D eigenvalue weighted by atomic mass is 9.95. The Morgan fingerprint density at radius 2 is 2.00 bits per heavy atom. The molecule has 2 N–H and O–H groups in total. The fourth-order valence-electron chi connectivity index (χ4n) is 2.72. The lowest BCUT2D eigenvalue weighted by Crippen LogP contribution is -2.12. The number of nitrogens with two attached hydrogens (primary N) is 1. The number of benzene rings is 1. The van der Waals surface area contributed by atoms with E-state index in [0.29, 0.717) is 6.42 Å². The molecule has 1 saturated heterocycles. The summed E-state index contributed by atoms with van der Waals surface area (Å²) in [5, 5.41) is 30.2. The Morgan fingerprint density at radius 3 is 2.59 bits per heavy atom. The number of thioether (sulfide) groups is 1. The highest BCUT2D eigenvalue weighted by molar-refractivity contribution is 8.00. The molecule has 9 nitrogen and oxygen atoms in total. The summed E-state index contributed by atoms with van der Waals surface area (Å²) in [5.41, 5.74) is 5.57. The maximum absolute atomic E-state index is 11.8. The molecule has 0 bridgehead atoms. The summed E-state index contributed by atoms with van der Waals surface area (Å²) in [6.45, 7) is 0.265. The van der Waals surface area contributed by atoms with Crippen LogP contribution in [0, 0.1) is 32.8 Å². The maximum Gasteiger partial charge on any atom is 0.319 e. The van der Waals surface area contributed by atoms with Crippen LogP contribution in [0.4, 0.5) is 11.5 Å². The summed E-state index contributed by atoms with van der Waals surface area (Å²) in [6, 6.07) is 9.57. The Bertz CT molecular complexity index is 1040. The maximum atomic E-state index is 11.8. The molecule has 1 aromatic carbocycles. The Kier molecular flexibility index (Phi) is 4.92. The van der Waals surface area contributed by atoms with Crippen molar-refractivity contribution in [3.05, 3.63) is 45.5 Å². The van der Waals surface area contributed by atoms with E-state index in [2.05, 4.69) is 4.98 Å². The molecule has 134 valence electrons. The van der Waals surface area contributed by atoms with E-state index in [0.717, 1.165) is 11.8 Å². The van der Waals surface area contributed by atoms with Crippen molar-refractivity contribution in [1.82, 2.24) is 4.98 Å². The van der Waals surface area contributed by atoms with Crippen molar-refractivity contribution in [2.45, 2.75) is 16.7 Å². The number of hydrogen-bond donors (Lipinski definition) is 1. The number of rotatable bonds is 4. The predicted octanol–water partition coefficient (Wildman–Crippen LogP) is 2.39. The first-order valence-corrected chi connectivity index (χ1v) is 8.56. The first-order valence-electron chi connectivity index (χ1n) is 7.68. The van der Waals surface area contributed by atoms with Gasteiger partial charge in [0.1, 0.15) is 33.8 Å². The molecular formula is C17H11N5O4S. The van der Waals surface area contributed by atoms with E-state index >= 15 is 0 Å². The second-order valence-corrected chi connectivity index (χ2v) is 6.68. The van der Waals surface area contributed by atoms with Gasteiger partial charge in [-0.1, -0.05) is 23.9 Å². The van der Waals surface area contributed by atoms with Crippen molar-refractivity contribution in [2.75, 3.05) is 12.3 Å². The Morgan fingerprint density at radius 1 is 1.30 bits per heavy atom. The van der Waals surface area contributed by atoms with Gasteiger partial charge in [0.2, 0.25) is 0 Å². The highest BCUT2D eigenvalue weighted by Crippen LogP contribution is 2.41. The first kappa shape index (κ1) is 18.2. The summed E-state index contributed by atoms with van der Waals surface area (Å²) in [5.74, 6) is -0.598. The van der Waals surface area contributed by atoms with E-state index in [1.165, 1.54) is 18.2 Å². The number of para-hydroxylation sites is 1. The van der Waals surface area contributed by atoms with E-state index in [4.69, 9.17) is 10.5 Å². The Balaban J connectivity index is 2.27. The Labute approximate surface area is 157 Å². The zero-order valence-corrected chi connectivity index (χ0v) is 14.5. The van der Waals surface area contributed by atoms with Crippen LogP contribution >= 0.6 is 11.8 Å². The largest absolute Gasteiger partial charge is 0.465 e. The van der Waals surface area contributed by atoms with Crippen molar-refractivity contribution < 1.29 is 14.5 Å². The van der Waals surface area contributed by atoms with E-state index < -0.39 is 16.1 Å². The number of aromatic nitrogens is 1. The number of nitro groups is 1. The zero-order chi connectivity index (χ0) is 19.6. The molecule has 2 aromatic rings. The van der Waals surface area contributed by atoms with Crippen molar-refractivity contribution in [1.29, 1.82) is 10.5 Å². The van der Waals surface area contributed by atoms with Crippen LogP contribution in [0.5, 0.6) is 0 Å². The van der Waals surface area contributed by atoms with Crippen LogP contribution in [-0.2, 0) is 9.53 Å². The molecule has 10 heteroatoms. The van der Waals surface area contributed by atoms with Crippen LogP contribution in [-0.4, -0.2) is 27.7 Å². The lowest BCUT2D eigenvalue weighted by Gasteiger charge is -2.14. The molecule has 0 aliphatic carbocycles. The normalized spacial score (nSPS) is 15.6. The molecule has 27 heavy (non-hydrogen) atoms. The number of ether oxygens (including phenoxy) is 1. The second kappa shape index (κ2) is 7.32. The molecule has 1 aliphatic heterocycles. The molecule has 0 amide bonds. The van der Waals surface area contributed by atoms with Crippen LogP contribution in [0.3, 0.4) is 0 Å². The molecular weight excluding hydrogens is 370 g/mol. The number of nitro benzene ring substituents is 1. The van der Waals surface area contributed by atoms with Gasteiger partial charge in [-0.25, -0.2) is 4.98 Å². The van der Waals surface area contributed by atoms with E-state index in [-0.39, 0.29) is 45.4 Å². The topological polar surface area (TPSA) is 156 Å². The standard InChI is InChI=1S/C17H11N5O4S/c18-7-10-14(9-3-1-2-4-12(9)22(24)25)11(8-19)16(21-15(10)20)27-13-5-6-26-17(13)23/h1-4,13H,5-6H2,(H2,20,21). The van der Waals surface area contributed by atoms with Gasteiger partial charge in [0, 0.05) is 18.1 Å². The summed E-state index contributed by atoms with van der Waals surface area (Å²) >= 11 is 1.000. The van der Waals surface area contributed by atoms with Gasteiger partial charge in [-0.15, -0.1) is 0 Å². The SMILES string of the molecule is N#Cc1c(N)nc(SC2CCOC2=O)c(C#N)c1-c1ccccc1[N+](=O)[O-]. The van der Waals surface area contributed by atoms with Crippen LogP contribution < -0.4 is 5.73 Å². The van der Waals surface area contributed by atoms with Gasteiger partial charge in [0.25, 0.3) is 5.69 Å². The third-order valence-corrected chi connectivity index (χ3v) is 5.16. The van der Waals surface area contributed by atoms with Gasteiger partial charge in [-0.2, -0.15) is 10.5 Å². The number of cyclic esters (lactones) is 1. The van der Waals surface area contributed by atoms with Crippen LogP contribution in [0.1, 0.15) is 17.5 Å². The minimum atomic E-state index is -0.602. The molecule has 0 radical (unpaired) electrons. The van der Waals surface area contributed by atoms with Crippen molar-refractivity contribution in [2.24, 2.45) is 0 Å². The molecule has 1 atom stereocenters. The Hall–Kier alpha value is -3.63. The van der Waals surface area contributed by atoms with E-state index in [1.54, 1.807) is 6.07 Å². The molecule has 0 spiro atoms. The quantitative estimate of drug-likeness (QED) is 0.477. The predicted molar refractivity (Wildman–Crippen MR) is 95.4 cm³/mol. The second-order valence-electron chi connectivity index (χ2n) is 5.49. The van der Waals surface area contributed by atoms with Gasteiger partial charge in [0.15, 0.2) is 0 Å². The van der Waals surface area contributed by atoms with Gasteiger partial charge >= 0.3 is 5.97 Å². The van der Waals surface area contributed by atoms with Crippen LogP contribution in [0.15, 0.2) is 29.3 Å². The third kappa shape index (κ3) is 3.26. The molecule has 2 heterocycles. The highest BCUT2D eigenvalue weighted by atomic mass is 32.2. The average Bonchev–Trinajstić information content (AvgIpc) is 3.06. The summed E-state index contributed by atoms with van der Waals surface area (Å²) in [6.07, 6.45) is 0.441. The molecule has 1 unspecified atom stereocenters. The number of hydrogen-bond acceptors (Lipinski definition) is 9. The first-order chi connectivity index (χ1) is 13.0. The molecule has 0 saturated carbocycles. The van der Waals surface area contributed by atoms with Crippen molar-refractivity contribution in [3.63, 3.8) is 0 Å². The monoisotopic (exact) mass is 381 g/mol. The number of nitriles is 2. The zero-order valence-electron chi connectivity index (χ0n) is 13.7. The third-order valence-electron chi connectivity index (χ3n) is 3.93. The minimum absolute atomic E-state index is 0.0358. The van der Waals surface area contributed by atoms with E-state index in [1.807, 2.05) is 12.1 Å². The summed E-state index contributed by atoms with van der Waals surface area (Å²) in [7, 11) is 0.